The van der Waals surface area contributed by atoms with Gasteiger partial charge >= 0.3 is 0 Å². The molecule has 40 heavy (non-hydrogen) atoms. The van der Waals surface area contributed by atoms with E-state index >= 15 is 0 Å². The monoisotopic (exact) mass is 561 g/mol. The van der Waals surface area contributed by atoms with Crippen LogP contribution >= 0.6 is 11.6 Å². The first-order valence-corrected chi connectivity index (χ1v) is 13.4. The summed E-state index contributed by atoms with van der Waals surface area (Å²) < 4.78 is 9.84. The zero-order chi connectivity index (χ0) is 28.6. The van der Waals surface area contributed by atoms with Crippen molar-refractivity contribution in [2.75, 3.05) is 26.4 Å². The maximum atomic E-state index is 13.3. The van der Waals surface area contributed by atoms with E-state index in [2.05, 4.69) is 20.1 Å². The summed E-state index contributed by atoms with van der Waals surface area (Å²) in [5.74, 6) is 0.121. The molecule has 4 heterocycles. The molecule has 0 radical (unpaired) electrons. The highest BCUT2D eigenvalue weighted by molar-refractivity contribution is 6.31. The molecule has 0 aliphatic heterocycles. The zero-order valence-corrected chi connectivity index (χ0v) is 23.9. The van der Waals surface area contributed by atoms with Crippen LogP contribution in [0.1, 0.15) is 36.3 Å². The van der Waals surface area contributed by atoms with Crippen molar-refractivity contribution >= 4 is 34.4 Å². The number of ether oxygens (including phenoxy) is 1. The van der Waals surface area contributed by atoms with E-state index in [-0.39, 0.29) is 5.91 Å². The summed E-state index contributed by atoms with van der Waals surface area (Å²) >= 11 is 6.80. The van der Waals surface area contributed by atoms with Crippen molar-refractivity contribution in [2.45, 2.75) is 38.3 Å². The van der Waals surface area contributed by atoms with Gasteiger partial charge in [-0.3, -0.25) is 14.5 Å². The summed E-state index contributed by atoms with van der Waals surface area (Å²) in [5.41, 5.74) is 9.32. The maximum Gasteiger partial charge on any atom is 0.272 e. The minimum atomic E-state index is -0.820. The van der Waals surface area contributed by atoms with Crippen LogP contribution in [0.4, 0.5) is 5.82 Å². The van der Waals surface area contributed by atoms with E-state index in [0.29, 0.717) is 58.5 Å². The van der Waals surface area contributed by atoms with Gasteiger partial charge in [-0.1, -0.05) is 23.7 Å². The number of nitrogens with two attached hydrogens (primary N) is 1. The molecule has 0 saturated carbocycles. The Kier molecular flexibility index (Phi) is 7.43. The molecule has 1 amide bonds. The number of aryl methyl sites for hydroxylation is 2. The lowest BCUT2D eigenvalue weighted by Crippen LogP contribution is -2.46. The second-order valence-electron chi connectivity index (χ2n) is 9.93. The first-order valence-electron chi connectivity index (χ1n) is 13.0. The standard InChI is InChI=1S/C28H32ClN9O2/c1-6-40-21-10-9-19(29)17(2)28(21,18-8-7-13-31-23(18)27(39)36(3)4)12-15-38-26-22(25(30)32-16-33-26)24(35-38)20-11-14-37(5)34-20/h7-11,13-14,16,21H,6,12,15H2,1-5H3,(H2,30,32,33). The Hall–Kier alpha value is -4.09. The molecule has 0 fully saturated rings. The highest BCUT2D eigenvalue weighted by Gasteiger charge is 2.47. The quantitative estimate of drug-likeness (QED) is 0.344. The Bertz CT molecular complexity index is 1640. The summed E-state index contributed by atoms with van der Waals surface area (Å²) in [4.78, 5) is 28.1. The number of carbonyl (C=O) groups excluding carboxylic acids is 1. The number of amides is 1. The molecule has 1 aliphatic rings. The molecule has 0 saturated heterocycles. The molecule has 0 bridgehead atoms. The van der Waals surface area contributed by atoms with Gasteiger partial charge in [0.15, 0.2) is 5.65 Å². The third-order valence-corrected chi connectivity index (χ3v) is 7.82. The minimum Gasteiger partial charge on any atom is -0.383 e. The average Bonchev–Trinajstić information content (AvgIpc) is 3.54. The Morgan fingerprint density at radius 2 is 2.02 bits per heavy atom. The predicted octanol–water partition coefficient (Wildman–Crippen LogP) is 3.72. The van der Waals surface area contributed by atoms with E-state index in [1.54, 1.807) is 25.0 Å². The number of halogens is 1. The van der Waals surface area contributed by atoms with Crippen LogP contribution in [0.5, 0.6) is 0 Å². The lowest BCUT2D eigenvalue weighted by Gasteiger charge is -2.43. The van der Waals surface area contributed by atoms with Crippen LogP contribution in [0, 0.1) is 0 Å². The van der Waals surface area contributed by atoms with E-state index in [1.165, 1.54) is 11.2 Å². The molecular formula is C28H32ClN9O2. The van der Waals surface area contributed by atoms with Crippen molar-refractivity contribution in [1.29, 1.82) is 0 Å². The maximum absolute atomic E-state index is 13.3. The van der Waals surface area contributed by atoms with Crippen molar-refractivity contribution in [1.82, 2.24) is 39.4 Å². The average molecular weight is 562 g/mol. The van der Waals surface area contributed by atoms with Gasteiger partial charge in [0.2, 0.25) is 0 Å². The molecular weight excluding hydrogens is 530 g/mol. The van der Waals surface area contributed by atoms with Gasteiger partial charge in [0.1, 0.15) is 29.2 Å². The summed E-state index contributed by atoms with van der Waals surface area (Å²) in [6.45, 7) is 4.80. The molecule has 1 aliphatic carbocycles. The number of rotatable bonds is 8. The first-order chi connectivity index (χ1) is 19.2. The third-order valence-electron chi connectivity index (χ3n) is 7.41. The summed E-state index contributed by atoms with van der Waals surface area (Å²) in [5, 5.41) is 10.7. The molecule has 4 aromatic rings. The van der Waals surface area contributed by atoms with Gasteiger partial charge in [-0.05, 0) is 49.6 Å². The van der Waals surface area contributed by atoms with Gasteiger partial charge in [0, 0.05) is 51.7 Å². The fourth-order valence-corrected chi connectivity index (χ4v) is 5.66. The number of nitrogen functional groups attached to an aromatic ring is 1. The number of pyridine rings is 1. The normalized spacial score (nSPS) is 19.0. The van der Waals surface area contributed by atoms with Gasteiger partial charge in [-0.15, -0.1) is 0 Å². The van der Waals surface area contributed by atoms with Crippen LogP contribution < -0.4 is 5.73 Å². The van der Waals surface area contributed by atoms with E-state index in [0.717, 1.165) is 11.1 Å². The molecule has 0 spiro atoms. The van der Waals surface area contributed by atoms with Gasteiger partial charge in [-0.25, -0.2) is 14.6 Å². The Morgan fingerprint density at radius 3 is 2.73 bits per heavy atom. The molecule has 0 aromatic carbocycles. The van der Waals surface area contributed by atoms with Crippen LogP contribution in [0.3, 0.4) is 0 Å². The van der Waals surface area contributed by atoms with E-state index in [9.17, 15) is 4.79 Å². The number of aromatic nitrogens is 7. The topological polar surface area (TPSA) is 130 Å². The second kappa shape index (κ2) is 10.8. The van der Waals surface area contributed by atoms with Crippen molar-refractivity contribution < 1.29 is 9.53 Å². The van der Waals surface area contributed by atoms with Crippen molar-refractivity contribution in [2.24, 2.45) is 7.05 Å². The number of hydrogen-bond donors (Lipinski definition) is 1. The van der Waals surface area contributed by atoms with Gasteiger partial charge in [0.25, 0.3) is 5.91 Å². The largest absolute Gasteiger partial charge is 0.383 e. The van der Waals surface area contributed by atoms with Crippen molar-refractivity contribution in [3.8, 4) is 11.4 Å². The van der Waals surface area contributed by atoms with E-state index < -0.39 is 11.5 Å². The van der Waals surface area contributed by atoms with Crippen LogP contribution in [0.2, 0.25) is 0 Å². The van der Waals surface area contributed by atoms with Crippen molar-refractivity contribution in [3.05, 3.63) is 70.9 Å². The van der Waals surface area contributed by atoms with E-state index in [1.807, 2.05) is 62.1 Å². The zero-order valence-electron chi connectivity index (χ0n) is 23.2. The molecule has 5 rings (SSSR count). The third kappa shape index (κ3) is 4.54. The fraction of sp³-hybridized carbons (Fsp3) is 0.357. The highest BCUT2D eigenvalue weighted by atomic mass is 35.5. The Balaban J connectivity index is 1.69. The predicted molar refractivity (Wildman–Crippen MR) is 154 cm³/mol. The van der Waals surface area contributed by atoms with Crippen LogP contribution in [-0.4, -0.2) is 72.1 Å². The SMILES string of the molecule is CCOC1C=CC(Cl)=C(C)C1(CCn1nc(-c2ccn(C)n2)c2c(N)ncnc21)c1cccnc1C(=O)N(C)C. The molecule has 11 nitrogen and oxygen atoms in total. The summed E-state index contributed by atoms with van der Waals surface area (Å²) in [6.07, 6.45) is 8.78. The smallest absolute Gasteiger partial charge is 0.272 e. The molecule has 208 valence electrons. The van der Waals surface area contributed by atoms with E-state index in [4.69, 9.17) is 27.2 Å². The second-order valence-corrected chi connectivity index (χ2v) is 10.3. The lowest BCUT2D eigenvalue weighted by molar-refractivity contribution is 0.0404. The van der Waals surface area contributed by atoms with Crippen molar-refractivity contribution in [3.63, 3.8) is 0 Å². The minimum absolute atomic E-state index is 0.203. The number of fused-ring (bicyclic) bond motifs is 1. The highest BCUT2D eigenvalue weighted by Crippen LogP contribution is 2.47. The number of allylic oxidation sites excluding steroid dienone is 2. The fourth-order valence-electron chi connectivity index (χ4n) is 5.42. The Labute approximate surface area is 237 Å². The molecule has 2 unspecified atom stereocenters. The summed E-state index contributed by atoms with van der Waals surface area (Å²) in [7, 11) is 5.27. The molecule has 12 heteroatoms. The lowest BCUT2D eigenvalue weighted by atomic mass is 9.65. The first kappa shape index (κ1) is 27.5. The van der Waals surface area contributed by atoms with Crippen LogP contribution in [0.15, 0.2) is 59.7 Å². The van der Waals surface area contributed by atoms with Gasteiger partial charge < -0.3 is 15.4 Å². The number of anilines is 1. The van der Waals surface area contributed by atoms with Crippen LogP contribution in [0.25, 0.3) is 22.4 Å². The van der Waals surface area contributed by atoms with Crippen LogP contribution in [-0.2, 0) is 23.7 Å². The molecule has 4 aromatic heterocycles. The molecule has 2 N–H and O–H groups in total. The van der Waals surface area contributed by atoms with Gasteiger partial charge in [0.05, 0.1) is 16.9 Å². The number of nitrogens with zero attached hydrogens (tertiary/aromatic N) is 8. The number of carbonyl (C=O) groups is 1. The Morgan fingerprint density at radius 1 is 1.23 bits per heavy atom. The summed E-state index contributed by atoms with van der Waals surface area (Å²) in [6, 6.07) is 5.64. The van der Waals surface area contributed by atoms with Gasteiger partial charge in [-0.2, -0.15) is 10.2 Å². The molecule has 2 atom stereocenters. The number of hydrogen-bond acceptors (Lipinski definition) is 8.